The summed E-state index contributed by atoms with van der Waals surface area (Å²) in [6.07, 6.45) is 0.206. The molecule has 7 nitrogen and oxygen atoms in total. The van der Waals surface area contributed by atoms with Crippen molar-refractivity contribution >= 4 is 50.7 Å². The molecule has 0 heterocycles. The van der Waals surface area contributed by atoms with Crippen molar-refractivity contribution in [3.63, 3.8) is 0 Å². The van der Waals surface area contributed by atoms with Crippen molar-refractivity contribution in [2.75, 3.05) is 17.4 Å². The second kappa shape index (κ2) is 15.4. The molecule has 1 unspecified atom stereocenters. The molecule has 4 rings (SSSR count). The molecule has 0 aliphatic rings. The Hall–Kier alpha value is -3.85. The normalized spacial score (nSPS) is 12.0. The lowest BCUT2D eigenvalue weighted by Gasteiger charge is -2.34. The first-order valence-corrected chi connectivity index (χ1v) is 16.8. The van der Waals surface area contributed by atoms with Crippen LogP contribution in [-0.2, 0) is 32.6 Å². The molecule has 236 valence electrons. The van der Waals surface area contributed by atoms with Gasteiger partial charge in [0.05, 0.1) is 10.6 Å². The summed E-state index contributed by atoms with van der Waals surface area (Å²) >= 11 is 12.7. The zero-order chi connectivity index (χ0) is 32.6. The zero-order valence-electron chi connectivity index (χ0n) is 25.5. The number of aryl methyl sites for hydroxylation is 1. The van der Waals surface area contributed by atoms with E-state index in [-0.39, 0.29) is 29.7 Å². The van der Waals surface area contributed by atoms with E-state index in [9.17, 15) is 18.0 Å². The molecule has 0 bridgehead atoms. The molecule has 0 saturated heterocycles. The van der Waals surface area contributed by atoms with Gasteiger partial charge in [-0.05, 0) is 60.4 Å². The summed E-state index contributed by atoms with van der Waals surface area (Å²) in [4.78, 5) is 29.8. The first kappa shape index (κ1) is 34.0. The van der Waals surface area contributed by atoms with Gasteiger partial charge in [0, 0.05) is 29.6 Å². The fourth-order valence-corrected chi connectivity index (χ4v) is 6.65. The number of amides is 2. The SMILES string of the molecule is Cc1ccc(S(=O)(=O)N(CC(=O)N(Cc2ccc(Cl)cc2Cl)C(Cc2ccccc2)C(=O)NCC(C)C)c2ccccc2)cc1. The molecule has 4 aromatic carbocycles. The van der Waals surface area contributed by atoms with Crippen molar-refractivity contribution in [3.05, 3.63) is 130 Å². The van der Waals surface area contributed by atoms with Crippen LogP contribution in [0.15, 0.2) is 108 Å². The molecule has 10 heteroatoms. The highest BCUT2D eigenvalue weighted by atomic mass is 35.5. The number of sulfonamides is 1. The van der Waals surface area contributed by atoms with Crippen LogP contribution in [0.2, 0.25) is 10.0 Å². The van der Waals surface area contributed by atoms with Crippen molar-refractivity contribution in [2.45, 2.75) is 44.7 Å². The number of nitrogens with zero attached hydrogens (tertiary/aromatic N) is 2. The van der Waals surface area contributed by atoms with Gasteiger partial charge in [0.1, 0.15) is 12.6 Å². The van der Waals surface area contributed by atoms with Crippen LogP contribution in [0, 0.1) is 12.8 Å². The summed E-state index contributed by atoms with van der Waals surface area (Å²) in [5, 5.41) is 3.73. The maximum absolute atomic E-state index is 14.5. The minimum absolute atomic E-state index is 0.0470. The van der Waals surface area contributed by atoms with Crippen molar-refractivity contribution in [3.8, 4) is 0 Å². The van der Waals surface area contributed by atoms with E-state index in [0.29, 0.717) is 27.8 Å². The summed E-state index contributed by atoms with van der Waals surface area (Å²) in [6.45, 7) is 5.65. The summed E-state index contributed by atoms with van der Waals surface area (Å²) in [5.74, 6) is -0.741. The molecule has 0 saturated carbocycles. The van der Waals surface area contributed by atoms with E-state index in [4.69, 9.17) is 23.2 Å². The number of para-hydroxylation sites is 1. The average molecular weight is 667 g/mol. The number of nitrogens with one attached hydrogen (secondary N) is 1. The van der Waals surface area contributed by atoms with Crippen LogP contribution in [0.25, 0.3) is 0 Å². The van der Waals surface area contributed by atoms with Gasteiger partial charge in [-0.1, -0.05) is 109 Å². The quantitative estimate of drug-likeness (QED) is 0.168. The maximum atomic E-state index is 14.5. The van der Waals surface area contributed by atoms with E-state index in [1.165, 1.54) is 17.0 Å². The van der Waals surface area contributed by atoms with Crippen LogP contribution in [-0.4, -0.2) is 44.3 Å². The highest BCUT2D eigenvalue weighted by Crippen LogP contribution is 2.27. The fraction of sp³-hybridized carbons (Fsp3) is 0.257. The third-order valence-electron chi connectivity index (χ3n) is 7.24. The molecule has 45 heavy (non-hydrogen) atoms. The summed E-state index contributed by atoms with van der Waals surface area (Å²) in [7, 11) is -4.17. The van der Waals surface area contributed by atoms with Gasteiger partial charge in [0.25, 0.3) is 10.0 Å². The summed E-state index contributed by atoms with van der Waals surface area (Å²) < 4.78 is 29.2. The predicted octanol–water partition coefficient (Wildman–Crippen LogP) is 6.91. The Bertz CT molecular complexity index is 1700. The molecule has 0 aliphatic heterocycles. The topological polar surface area (TPSA) is 86.8 Å². The zero-order valence-corrected chi connectivity index (χ0v) is 27.8. The van der Waals surface area contributed by atoms with Crippen molar-refractivity contribution in [1.29, 1.82) is 0 Å². The monoisotopic (exact) mass is 665 g/mol. The number of anilines is 1. The molecule has 1 N–H and O–H groups in total. The third-order valence-corrected chi connectivity index (χ3v) is 9.62. The molecule has 0 spiro atoms. The fourth-order valence-electron chi connectivity index (χ4n) is 4.77. The smallest absolute Gasteiger partial charge is 0.264 e. The van der Waals surface area contributed by atoms with Gasteiger partial charge in [0.15, 0.2) is 0 Å². The Labute approximate surface area is 275 Å². The standard InChI is InChI=1S/C35H37Cl2N3O4S/c1-25(2)22-38-35(42)33(20-27-10-6-4-7-11-27)39(23-28-16-17-29(36)21-32(28)37)34(41)24-40(30-12-8-5-9-13-30)45(43,44)31-18-14-26(3)15-19-31/h4-19,21,25,33H,20,22-24H2,1-3H3,(H,38,42). The highest BCUT2D eigenvalue weighted by molar-refractivity contribution is 7.92. The van der Waals surface area contributed by atoms with Crippen LogP contribution in [0.4, 0.5) is 5.69 Å². The molecular weight excluding hydrogens is 629 g/mol. The van der Waals surface area contributed by atoms with Crippen LogP contribution in [0.1, 0.15) is 30.5 Å². The van der Waals surface area contributed by atoms with E-state index >= 15 is 0 Å². The first-order chi connectivity index (χ1) is 21.5. The number of carbonyl (C=O) groups excluding carboxylic acids is 2. The summed E-state index contributed by atoms with van der Waals surface area (Å²) in [6, 6.07) is 28.3. The van der Waals surface area contributed by atoms with Crippen LogP contribution >= 0.6 is 23.2 Å². The van der Waals surface area contributed by atoms with E-state index in [0.717, 1.165) is 15.4 Å². The van der Waals surface area contributed by atoms with Gasteiger partial charge in [0.2, 0.25) is 11.8 Å². The van der Waals surface area contributed by atoms with Gasteiger partial charge in [-0.2, -0.15) is 0 Å². The van der Waals surface area contributed by atoms with Gasteiger partial charge in [-0.25, -0.2) is 8.42 Å². The van der Waals surface area contributed by atoms with Gasteiger partial charge < -0.3 is 10.2 Å². The van der Waals surface area contributed by atoms with Crippen molar-refractivity contribution < 1.29 is 18.0 Å². The van der Waals surface area contributed by atoms with Crippen molar-refractivity contribution in [2.24, 2.45) is 5.92 Å². The number of benzene rings is 4. The lowest BCUT2D eigenvalue weighted by atomic mass is 10.0. The third kappa shape index (κ3) is 9.10. The Balaban J connectivity index is 1.80. The number of rotatable bonds is 13. The highest BCUT2D eigenvalue weighted by Gasteiger charge is 2.35. The Morgan fingerprint density at radius 1 is 0.844 bits per heavy atom. The Kier molecular flexibility index (Phi) is 11.7. The number of halogens is 2. The molecule has 0 aromatic heterocycles. The van der Waals surface area contributed by atoms with Crippen LogP contribution in [0.5, 0.6) is 0 Å². The molecule has 0 fully saturated rings. The number of hydrogen-bond acceptors (Lipinski definition) is 4. The molecule has 1 atom stereocenters. The van der Waals surface area contributed by atoms with E-state index in [1.54, 1.807) is 60.7 Å². The summed E-state index contributed by atoms with van der Waals surface area (Å²) in [5.41, 5.74) is 2.63. The second-order valence-corrected chi connectivity index (χ2v) is 14.0. The second-order valence-electron chi connectivity index (χ2n) is 11.3. The number of hydrogen-bond donors (Lipinski definition) is 1. The van der Waals surface area contributed by atoms with Gasteiger partial charge in [-0.15, -0.1) is 0 Å². The maximum Gasteiger partial charge on any atom is 0.264 e. The van der Waals surface area contributed by atoms with Gasteiger partial charge >= 0.3 is 0 Å². The minimum atomic E-state index is -4.17. The van der Waals surface area contributed by atoms with Crippen LogP contribution < -0.4 is 9.62 Å². The van der Waals surface area contributed by atoms with E-state index < -0.39 is 28.5 Å². The lowest BCUT2D eigenvalue weighted by molar-refractivity contribution is -0.140. The molecular formula is C35H37Cl2N3O4S. The first-order valence-electron chi connectivity index (χ1n) is 14.6. The molecule has 0 radical (unpaired) electrons. The number of carbonyl (C=O) groups is 2. The average Bonchev–Trinajstić information content (AvgIpc) is 3.02. The van der Waals surface area contributed by atoms with E-state index in [2.05, 4.69) is 5.32 Å². The Morgan fingerprint density at radius 2 is 1.47 bits per heavy atom. The molecule has 4 aromatic rings. The van der Waals surface area contributed by atoms with Crippen molar-refractivity contribution in [1.82, 2.24) is 10.2 Å². The van der Waals surface area contributed by atoms with E-state index in [1.807, 2.05) is 51.1 Å². The minimum Gasteiger partial charge on any atom is -0.354 e. The van der Waals surface area contributed by atoms with Gasteiger partial charge in [-0.3, -0.25) is 13.9 Å². The molecule has 2 amide bonds. The predicted molar refractivity (Wildman–Crippen MR) is 181 cm³/mol. The Morgan fingerprint density at radius 3 is 2.07 bits per heavy atom. The lowest BCUT2D eigenvalue weighted by Crippen LogP contribution is -2.53. The molecule has 0 aliphatic carbocycles. The largest absolute Gasteiger partial charge is 0.354 e. The van der Waals surface area contributed by atoms with Crippen LogP contribution in [0.3, 0.4) is 0 Å².